The van der Waals surface area contributed by atoms with Gasteiger partial charge >= 0.3 is 6.18 Å². The quantitative estimate of drug-likeness (QED) is 0.626. The minimum absolute atomic E-state index is 0.168. The van der Waals surface area contributed by atoms with Gasteiger partial charge in [0.25, 0.3) is 5.92 Å². The summed E-state index contributed by atoms with van der Waals surface area (Å²) in [6.45, 7) is 1.06. The molecule has 4 heterocycles. The number of halogens is 5. The molecule has 0 radical (unpaired) electrons. The summed E-state index contributed by atoms with van der Waals surface area (Å²) in [6, 6.07) is 2.43. The van der Waals surface area contributed by atoms with Crippen LogP contribution in [0.5, 0.6) is 0 Å². The Bertz CT molecular complexity index is 987. The van der Waals surface area contributed by atoms with Gasteiger partial charge in [-0.3, -0.25) is 9.88 Å². The van der Waals surface area contributed by atoms with Crippen LogP contribution in [0.3, 0.4) is 0 Å². The average molecular weight is 397 g/mol. The smallest absolute Gasteiger partial charge is 0.299 e. The minimum atomic E-state index is -4.54. The Labute approximate surface area is 156 Å². The molecular formula is C18H16F5N5. The first kappa shape index (κ1) is 18.7. The van der Waals surface area contributed by atoms with Crippen LogP contribution in [0.2, 0.25) is 0 Å². The van der Waals surface area contributed by atoms with Gasteiger partial charge in [-0.1, -0.05) is 0 Å². The van der Waals surface area contributed by atoms with Crippen LogP contribution in [-0.2, 0) is 12.7 Å². The van der Waals surface area contributed by atoms with Crippen molar-refractivity contribution >= 4 is 5.65 Å². The van der Waals surface area contributed by atoms with E-state index < -0.39 is 17.8 Å². The number of rotatable bonds is 3. The van der Waals surface area contributed by atoms with E-state index in [9.17, 15) is 22.0 Å². The second-order valence-corrected chi connectivity index (χ2v) is 6.85. The van der Waals surface area contributed by atoms with Gasteiger partial charge in [0.05, 0.1) is 6.20 Å². The zero-order chi connectivity index (χ0) is 19.9. The molecule has 5 nitrogen and oxygen atoms in total. The van der Waals surface area contributed by atoms with Crippen LogP contribution >= 0.6 is 0 Å². The maximum absolute atomic E-state index is 13.3. The summed E-state index contributed by atoms with van der Waals surface area (Å²) < 4.78 is 66.7. The Kier molecular flexibility index (Phi) is 4.53. The Morgan fingerprint density at radius 3 is 2.54 bits per heavy atom. The lowest BCUT2D eigenvalue weighted by molar-refractivity contribution is -0.141. The molecule has 1 aliphatic heterocycles. The molecule has 0 saturated carbocycles. The monoisotopic (exact) mass is 397 g/mol. The second kappa shape index (κ2) is 6.77. The molecule has 1 saturated heterocycles. The molecule has 1 fully saturated rings. The molecule has 0 amide bonds. The van der Waals surface area contributed by atoms with Gasteiger partial charge in [0.1, 0.15) is 5.69 Å². The summed E-state index contributed by atoms with van der Waals surface area (Å²) >= 11 is 0. The van der Waals surface area contributed by atoms with Crippen molar-refractivity contribution in [2.45, 2.75) is 31.5 Å². The summed E-state index contributed by atoms with van der Waals surface area (Å²) in [5.41, 5.74) is 0.988. The van der Waals surface area contributed by atoms with Gasteiger partial charge in [-0.2, -0.15) is 18.3 Å². The van der Waals surface area contributed by atoms with Crippen LogP contribution < -0.4 is 0 Å². The van der Waals surface area contributed by atoms with Crippen LogP contribution in [0, 0.1) is 0 Å². The fraction of sp³-hybridized carbons (Fsp3) is 0.389. The molecule has 28 heavy (non-hydrogen) atoms. The van der Waals surface area contributed by atoms with E-state index >= 15 is 0 Å². The third-order valence-electron chi connectivity index (χ3n) is 4.77. The molecule has 148 valence electrons. The van der Waals surface area contributed by atoms with Crippen molar-refractivity contribution < 1.29 is 22.0 Å². The number of aromatic nitrogens is 4. The highest BCUT2D eigenvalue weighted by Gasteiger charge is 2.34. The van der Waals surface area contributed by atoms with Gasteiger partial charge in [0.2, 0.25) is 0 Å². The molecule has 0 bridgehead atoms. The van der Waals surface area contributed by atoms with Gasteiger partial charge in [-0.25, -0.2) is 18.3 Å². The van der Waals surface area contributed by atoms with E-state index in [4.69, 9.17) is 0 Å². The predicted molar refractivity (Wildman–Crippen MR) is 90.7 cm³/mol. The Balaban J connectivity index is 1.57. The van der Waals surface area contributed by atoms with Crippen LogP contribution in [0.15, 0.2) is 36.9 Å². The topological polar surface area (TPSA) is 46.3 Å². The van der Waals surface area contributed by atoms with Crippen LogP contribution in [0.1, 0.15) is 24.1 Å². The number of hydrogen-bond donors (Lipinski definition) is 0. The summed E-state index contributed by atoms with van der Waals surface area (Å²) in [6.07, 6.45) is 0.982. The molecule has 0 aromatic carbocycles. The summed E-state index contributed by atoms with van der Waals surface area (Å²) in [5.74, 6) is -2.60. The molecule has 3 aromatic rings. The lowest BCUT2D eigenvalue weighted by Crippen LogP contribution is -2.38. The van der Waals surface area contributed by atoms with E-state index in [1.54, 1.807) is 12.4 Å². The molecule has 0 unspecified atom stereocenters. The number of alkyl halides is 5. The highest BCUT2D eigenvalue weighted by molar-refractivity contribution is 5.76. The molecule has 4 rings (SSSR count). The number of fused-ring (bicyclic) bond motifs is 1. The number of pyridine rings is 1. The minimum Gasteiger partial charge on any atom is -0.299 e. The third kappa shape index (κ3) is 3.82. The molecule has 0 atom stereocenters. The molecular weight excluding hydrogens is 381 g/mol. The largest absolute Gasteiger partial charge is 0.433 e. The predicted octanol–water partition coefficient (Wildman–Crippen LogP) is 4.04. The number of nitrogens with zero attached hydrogens (tertiary/aromatic N) is 5. The van der Waals surface area contributed by atoms with E-state index in [1.807, 2.05) is 4.90 Å². The number of piperidine rings is 1. The van der Waals surface area contributed by atoms with Crippen molar-refractivity contribution in [1.29, 1.82) is 0 Å². The van der Waals surface area contributed by atoms with Crippen molar-refractivity contribution in [1.82, 2.24) is 24.5 Å². The highest BCUT2D eigenvalue weighted by Crippen LogP contribution is 2.32. The van der Waals surface area contributed by atoms with Gasteiger partial charge in [-0.05, 0) is 17.7 Å². The number of hydrogen-bond acceptors (Lipinski definition) is 4. The first-order chi connectivity index (χ1) is 13.2. The Morgan fingerprint density at radius 2 is 1.82 bits per heavy atom. The van der Waals surface area contributed by atoms with E-state index in [1.165, 1.54) is 16.8 Å². The standard InChI is InChI=1S/C18H16F5N5/c19-17(20)2-5-27(6-3-17)10-12-8-25-16-14(9-26-28(16)11-12)13-1-4-24-15(7-13)18(21,22)23/h1,4,7-9,11H,2-3,5-6,10H2. The van der Waals surface area contributed by atoms with Crippen molar-refractivity contribution in [3.05, 3.63) is 48.2 Å². The average Bonchev–Trinajstić information content (AvgIpc) is 3.06. The van der Waals surface area contributed by atoms with Gasteiger partial charge < -0.3 is 0 Å². The van der Waals surface area contributed by atoms with E-state index in [0.717, 1.165) is 17.8 Å². The van der Waals surface area contributed by atoms with Crippen molar-refractivity contribution in [2.24, 2.45) is 0 Å². The van der Waals surface area contributed by atoms with Gasteiger partial charge in [-0.15, -0.1) is 0 Å². The zero-order valence-corrected chi connectivity index (χ0v) is 14.6. The van der Waals surface area contributed by atoms with Crippen LogP contribution in [0.25, 0.3) is 16.8 Å². The molecule has 1 aliphatic rings. The second-order valence-electron chi connectivity index (χ2n) is 6.85. The normalized spacial score (nSPS) is 17.9. The Morgan fingerprint density at radius 1 is 1.07 bits per heavy atom. The maximum atomic E-state index is 13.3. The lowest BCUT2D eigenvalue weighted by atomic mass is 10.1. The van der Waals surface area contributed by atoms with E-state index in [2.05, 4.69) is 15.1 Å². The van der Waals surface area contributed by atoms with Crippen LogP contribution in [0.4, 0.5) is 22.0 Å². The Hall–Kier alpha value is -2.62. The fourth-order valence-electron chi connectivity index (χ4n) is 3.25. The first-order valence-electron chi connectivity index (χ1n) is 8.67. The van der Waals surface area contributed by atoms with Crippen molar-refractivity contribution in [3.8, 4) is 11.1 Å². The molecule has 10 heteroatoms. The van der Waals surface area contributed by atoms with E-state index in [-0.39, 0.29) is 12.8 Å². The SMILES string of the molecule is FC1(F)CCN(Cc2cnc3c(-c4ccnc(C(F)(F)F)c4)cnn3c2)CC1. The van der Waals surface area contributed by atoms with E-state index in [0.29, 0.717) is 36.4 Å². The molecule has 0 spiro atoms. The molecule has 0 N–H and O–H groups in total. The zero-order valence-electron chi connectivity index (χ0n) is 14.6. The maximum Gasteiger partial charge on any atom is 0.433 e. The summed E-state index contributed by atoms with van der Waals surface area (Å²) in [5, 5.41) is 4.18. The molecule has 0 aliphatic carbocycles. The lowest BCUT2D eigenvalue weighted by Gasteiger charge is -2.31. The molecule has 3 aromatic heterocycles. The van der Waals surface area contributed by atoms with Crippen molar-refractivity contribution in [3.63, 3.8) is 0 Å². The third-order valence-corrected chi connectivity index (χ3v) is 4.77. The van der Waals surface area contributed by atoms with Crippen LogP contribution in [-0.4, -0.2) is 43.5 Å². The summed E-state index contributed by atoms with van der Waals surface area (Å²) in [7, 11) is 0. The van der Waals surface area contributed by atoms with Gasteiger partial charge in [0.15, 0.2) is 5.65 Å². The highest BCUT2D eigenvalue weighted by atomic mass is 19.4. The summed E-state index contributed by atoms with van der Waals surface area (Å²) in [4.78, 5) is 9.61. The van der Waals surface area contributed by atoms with Gasteiger partial charge in [0, 0.05) is 62.2 Å². The van der Waals surface area contributed by atoms with Crippen molar-refractivity contribution in [2.75, 3.05) is 13.1 Å². The first-order valence-corrected chi connectivity index (χ1v) is 8.67. The fourth-order valence-corrected chi connectivity index (χ4v) is 3.25. The number of likely N-dealkylation sites (tertiary alicyclic amines) is 1.